The van der Waals surface area contributed by atoms with Crippen molar-refractivity contribution in [3.8, 4) is 0 Å². The number of amides is 1. The van der Waals surface area contributed by atoms with Gasteiger partial charge in [0.25, 0.3) is 0 Å². The highest BCUT2D eigenvalue weighted by atomic mass is 16.4. The Morgan fingerprint density at radius 1 is 1.20 bits per heavy atom. The van der Waals surface area contributed by atoms with Crippen molar-refractivity contribution in [2.75, 3.05) is 0 Å². The van der Waals surface area contributed by atoms with Crippen LogP contribution in [0.5, 0.6) is 0 Å². The number of carbonyl (C=O) groups excluding carboxylic acids is 1. The second-order valence-electron chi connectivity index (χ2n) is 5.85. The molecule has 1 rings (SSSR count). The molecule has 1 amide bonds. The molecule has 0 fully saturated rings. The minimum atomic E-state index is -0.877. The predicted octanol–water partition coefficient (Wildman–Crippen LogP) is 3.14. The van der Waals surface area contributed by atoms with Crippen molar-refractivity contribution in [1.29, 1.82) is 0 Å². The van der Waals surface area contributed by atoms with Crippen molar-refractivity contribution in [2.45, 2.75) is 46.1 Å². The van der Waals surface area contributed by atoms with Gasteiger partial charge in [-0.2, -0.15) is 0 Å². The van der Waals surface area contributed by atoms with Crippen LogP contribution in [0.1, 0.15) is 51.6 Å². The van der Waals surface area contributed by atoms with E-state index in [0.717, 1.165) is 12.0 Å². The van der Waals surface area contributed by atoms with Crippen molar-refractivity contribution in [2.24, 2.45) is 5.41 Å². The lowest BCUT2D eigenvalue weighted by molar-refractivity contribution is -0.139. The van der Waals surface area contributed by atoms with E-state index in [2.05, 4.69) is 5.32 Å². The maximum absolute atomic E-state index is 12.1. The van der Waals surface area contributed by atoms with E-state index >= 15 is 0 Å². The molecular weight excluding hydrogens is 254 g/mol. The summed E-state index contributed by atoms with van der Waals surface area (Å²) in [5.74, 6) is -0.982. The SMILES string of the molecule is CCC(NC(=O)CC(C)(C)CC(=O)O)c1ccccc1. The number of rotatable bonds is 7. The van der Waals surface area contributed by atoms with E-state index in [1.165, 1.54) is 0 Å². The summed E-state index contributed by atoms with van der Waals surface area (Å²) in [6, 6.07) is 9.77. The Labute approximate surface area is 120 Å². The molecule has 0 radical (unpaired) electrons. The third-order valence-corrected chi connectivity index (χ3v) is 3.21. The van der Waals surface area contributed by atoms with Crippen LogP contribution in [-0.2, 0) is 9.59 Å². The molecule has 0 aliphatic carbocycles. The maximum atomic E-state index is 12.1. The van der Waals surface area contributed by atoms with Crippen molar-refractivity contribution in [3.05, 3.63) is 35.9 Å². The molecule has 110 valence electrons. The number of aliphatic carboxylic acids is 1. The van der Waals surface area contributed by atoms with Crippen LogP contribution in [0.25, 0.3) is 0 Å². The standard InChI is InChI=1S/C16H23NO3/c1-4-13(12-8-6-5-7-9-12)17-14(18)10-16(2,3)11-15(19)20/h5-9,13H,4,10-11H2,1-3H3,(H,17,18)(H,19,20). The second kappa shape index (κ2) is 7.08. The first kappa shape index (κ1) is 16.2. The Morgan fingerprint density at radius 3 is 2.30 bits per heavy atom. The molecule has 0 aliphatic rings. The average molecular weight is 277 g/mol. The zero-order valence-electron chi connectivity index (χ0n) is 12.3. The summed E-state index contributed by atoms with van der Waals surface area (Å²) in [5, 5.41) is 11.8. The van der Waals surface area contributed by atoms with Crippen LogP contribution in [-0.4, -0.2) is 17.0 Å². The minimum Gasteiger partial charge on any atom is -0.481 e. The van der Waals surface area contributed by atoms with E-state index in [1.807, 2.05) is 37.3 Å². The molecule has 1 atom stereocenters. The van der Waals surface area contributed by atoms with E-state index in [0.29, 0.717) is 0 Å². The van der Waals surface area contributed by atoms with Gasteiger partial charge in [-0.15, -0.1) is 0 Å². The van der Waals surface area contributed by atoms with Gasteiger partial charge in [-0.25, -0.2) is 0 Å². The topological polar surface area (TPSA) is 66.4 Å². The fourth-order valence-electron chi connectivity index (χ4n) is 2.26. The Hall–Kier alpha value is -1.84. The lowest BCUT2D eigenvalue weighted by Crippen LogP contribution is -2.32. The Kier molecular flexibility index (Phi) is 5.74. The first-order chi connectivity index (χ1) is 9.34. The first-order valence-electron chi connectivity index (χ1n) is 6.90. The van der Waals surface area contributed by atoms with E-state index in [9.17, 15) is 9.59 Å². The number of hydrogen-bond acceptors (Lipinski definition) is 2. The highest BCUT2D eigenvalue weighted by Gasteiger charge is 2.26. The van der Waals surface area contributed by atoms with E-state index in [1.54, 1.807) is 13.8 Å². The number of hydrogen-bond donors (Lipinski definition) is 2. The molecule has 20 heavy (non-hydrogen) atoms. The largest absolute Gasteiger partial charge is 0.481 e. The number of carboxylic acids is 1. The summed E-state index contributed by atoms with van der Waals surface area (Å²) in [7, 11) is 0. The highest BCUT2D eigenvalue weighted by molar-refractivity contribution is 5.78. The van der Waals surface area contributed by atoms with Crippen molar-refractivity contribution < 1.29 is 14.7 Å². The minimum absolute atomic E-state index is 0.0114. The smallest absolute Gasteiger partial charge is 0.303 e. The van der Waals surface area contributed by atoms with Gasteiger partial charge in [-0.05, 0) is 17.4 Å². The monoisotopic (exact) mass is 277 g/mol. The first-order valence-corrected chi connectivity index (χ1v) is 6.90. The lowest BCUT2D eigenvalue weighted by atomic mass is 9.85. The molecule has 0 aromatic heterocycles. The molecule has 1 aromatic rings. The Balaban J connectivity index is 2.62. The fourth-order valence-corrected chi connectivity index (χ4v) is 2.26. The summed E-state index contributed by atoms with van der Waals surface area (Å²) in [6.07, 6.45) is 1.00. The van der Waals surface area contributed by atoms with Crippen molar-refractivity contribution in [1.82, 2.24) is 5.32 Å². The van der Waals surface area contributed by atoms with Gasteiger partial charge in [0.15, 0.2) is 0 Å². The van der Waals surface area contributed by atoms with Gasteiger partial charge in [0.1, 0.15) is 0 Å². The van der Waals surface area contributed by atoms with Crippen LogP contribution >= 0.6 is 0 Å². The summed E-state index contributed by atoms with van der Waals surface area (Å²) in [6.45, 7) is 5.61. The zero-order valence-corrected chi connectivity index (χ0v) is 12.3. The molecule has 0 spiro atoms. The molecule has 0 heterocycles. The van der Waals surface area contributed by atoms with E-state index in [4.69, 9.17) is 5.11 Å². The average Bonchev–Trinajstić information content (AvgIpc) is 2.34. The molecule has 0 saturated heterocycles. The van der Waals surface area contributed by atoms with Gasteiger partial charge in [0, 0.05) is 6.42 Å². The van der Waals surface area contributed by atoms with E-state index in [-0.39, 0.29) is 24.8 Å². The molecule has 1 aromatic carbocycles. The lowest BCUT2D eigenvalue weighted by Gasteiger charge is -2.24. The molecule has 2 N–H and O–H groups in total. The quantitative estimate of drug-likeness (QED) is 0.804. The molecule has 0 bridgehead atoms. The molecule has 1 unspecified atom stereocenters. The van der Waals surface area contributed by atoms with Gasteiger partial charge in [0.05, 0.1) is 12.5 Å². The van der Waals surface area contributed by atoms with Gasteiger partial charge in [-0.3, -0.25) is 9.59 Å². The fraction of sp³-hybridized carbons (Fsp3) is 0.500. The van der Waals surface area contributed by atoms with Gasteiger partial charge >= 0.3 is 5.97 Å². The third kappa shape index (κ3) is 5.43. The van der Waals surface area contributed by atoms with E-state index < -0.39 is 11.4 Å². The number of carboxylic acid groups (broad SMARTS) is 1. The summed E-state index contributed by atoms with van der Waals surface area (Å²) in [5.41, 5.74) is 0.532. The van der Waals surface area contributed by atoms with Crippen LogP contribution in [0.15, 0.2) is 30.3 Å². The summed E-state index contributed by atoms with van der Waals surface area (Å²) >= 11 is 0. The normalized spacial score (nSPS) is 12.8. The molecular formula is C16H23NO3. The van der Waals surface area contributed by atoms with Crippen LogP contribution in [0.4, 0.5) is 0 Å². The zero-order chi connectivity index (χ0) is 15.2. The van der Waals surface area contributed by atoms with Gasteiger partial charge in [-0.1, -0.05) is 51.1 Å². The summed E-state index contributed by atoms with van der Waals surface area (Å²) in [4.78, 5) is 22.8. The maximum Gasteiger partial charge on any atom is 0.303 e. The van der Waals surface area contributed by atoms with Gasteiger partial charge in [0.2, 0.25) is 5.91 Å². The highest BCUT2D eigenvalue weighted by Crippen LogP contribution is 2.26. The Bertz CT molecular complexity index is 454. The predicted molar refractivity (Wildman–Crippen MR) is 78.3 cm³/mol. The molecule has 0 aliphatic heterocycles. The Morgan fingerprint density at radius 2 is 1.80 bits per heavy atom. The van der Waals surface area contributed by atoms with Crippen LogP contribution in [0.2, 0.25) is 0 Å². The second-order valence-corrected chi connectivity index (χ2v) is 5.85. The number of carbonyl (C=O) groups is 2. The molecule has 4 heteroatoms. The van der Waals surface area contributed by atoms with Crippen molar-refractivity contribution >= 4 is 11.9 Å². The number of benzene rings is 1. The van der Waals surface area contributed by atoms with Crippen LogP contribution < -0.4 is 5.32 Å². The van der Waals surface area contributed by atoms with Crippen LogP contribution in [0.3, 0.4) is 0 Å². The van der Waals surface area contributed by atoms with Gasteiger partial charge < -0.3 is 10.4 Å². The molecule has 0 saturated carbocycles. The van der Waals surface area contributed by atoms with Crippen molar-refractivity contribution in [3.63, 3.8) is 0 Å². The number of nitrogens with one attached hydrogen (secondary N) is 1. The summed E-state index contributed by atoms with van der Waals surface area (Å²) < 4.78 is 0. The third-order valence-electron chi connectivity index (χ3n) is 3.21. The van der Waals surface area contributed by atoms with Crippen LogP contribution in [0, 0.1) is 5.41 Å². The molecule has 4 nitrogen and oxygen atoms in total.